The van der Waals surface area contributed by atoms with Crippen LogP contribution in [0.2, 0.25) is 0 Å². The van der Waals surface area contributed by atoms with Gasteiger partial charge in [0.1, 0.15) is 0 Å². The van der Waals surface area contributed by atoms with Gasteiger partial charge in [0.05, 0.1) is 6.42 Å². The summed E-state index contributed by atoms with van der Waals surface area (Å²) in [5.41, 5.74) is 0. The minimum Gasteiger partial charge on any atom is -0.310 e. The van der Waals surface area contributed by atoms with E-state index in [1.54, 1.807) is 0 Å². The van der Waals surface area contributed by atoms with Gasteiger partial charge in [-0.05, 0) is 25.8 Å². The first kappa shape index (κ1) is 11.2. The first-order valence-electron chi connectivity index (χ1n) is 5.58. The Morgan fingerprint density at radius 2 is 1.87 bits per heavy atom. The smallest absolute Gasteiger partial charge is 0.310 e. The highest BCUT2D eigenvalue weighted by Crippen LogP contribution is 2.23. The van der Waals surface area contributed by atoms with Gasteiger partial charge < -0.3 is 10.2 Å². The third kappa shape index (κ3) is 3.34. The topological polar surface area (TPSA) is 15.3 Å². The Morgan fingerprint density at radius 1 is 1.13 bits per heavy atom. The normalized spacial score (nSPS) is 33.0. The lowest BCUT2D eigenvalue weighted by Crippen LogP contribution is -2.36. The second-order valence-corrected chi connectivity index (χ2v) is 4.59. The van der Waals surface area contributed by atoms with Crippen LogP contribution in [0.1, 0.15) is 25.7 Å². The summed E-state index contributed by atoms with van der Waals surface area (Å²) in [4.78, 5) is 1.95. The molecule has 0 aromatic rings. The first-order chi connectivity index (χ1) is 7.03. The zero-order valence-corrected chi connectivity index (χ0v) is 8.69. The lowest BCUT2D eigenvalue weighted by molar-refractivity contribution is -0.138. The largest absolute Gasteiger partial charge is 0.390 e. The molecule has 88 valence electrons. The Balaban J connectivity index is 1.78. The Morgan fingerprint density at radius 3 is 2.60 bits per heavy atom. The van der Waals surface area contributed by atoms with Crippen molar-refractivity contribution in [1.29, 1.82) is 0 Å². The fourth-order valence-corrected chi connectivity index (χ4v) is 2.50. The van der Waals surface area contributed by atoms with E-state index in [0.717, 1.165) is 25.9 Å². The van der Waals surface area contributed by atoms with E-state index in [2.05, 4.69) is 5.32 Å². The van der Waals surface area contributed by atoms with E-state index < -0.39 is 12.6 Å². The SMILES string of the molecule is FC(F)(F)CCN1CCC2CCC(C1)N2. The average Bonchev–Trinajstić information content (AvgIpc) is 2.43. The predicted octanol–water partition coefficient (Wildman–Crippen LogP) is 1.77. The molecule has 2 heterocycles. The summed E-state index contributed by atoms with van der Waals surface area (Å²) in [6, 6.07) is 0.969. The molecule has 2 nitrogen and oxygen atoms in total. The highest BCUT2D eigenvalue weighted by molar-refractivity contribution is 4.89. The minimum absolute atomic E-state index is 0.161. The summed E-state index contributed by atoms with van der Waals surface area (Å²) >= 11 is 0. The van der Waals surface area contributed by atoms with Crippen LogP contribution in [0.4, 0.5) is 13.2 Å². The molecule has 2 saturated heterocycles. The van der Waals surface area contributed by atoms with Crippen LogP contribution in [-0.2, 0) is 0 Å². The molecule has 15 heavy (non-hydrogen) atoms. The first-order valence-corrected chi connectivity index (χ1v) is 5.58. The molecular formula is C10H17F3N2. The zero-order chi connectivity index (χ0) is 10.9. The molecule has 2 rings (SSSR count). The number of nitrogens with zero attached hydrogens (tertiary/aromatic N) is 1. The van der Waals surface area contributed by atoms with Crippen molar-refractivity contribution in [3.8, 4) is 0 Å². The van der Waals surface area contributed by atoms with Gasteiger partial charge in [-0.15, -0.1) is 0 Å². The van der Waals surface area contributed by atoms with Gasteiger partial charge >= 0.3 is 6.18 Å². The summed E-state index contributed by atoms with van der Waals surface area (Å²) in [6.07, 6.45) is -1.39. The van der Waals surface area contributed by atoms with E-state index in [1.165, 1.54) is 6.42 Å². The highest BCUT2D eigenvalue weighted by Gasteiger charge is 2.32. The summed E-state index contributed by atoms with van der Waals surface area (Å²) < 4.78 is 36.2. The van der Waals surface area contributed by atoms with Gasteiger partial charge in [0, 0.05) is 25.2 Å². The van der Waals surface area contributed by atoms with Crippen LogP contribution in [0.5, 0.6) is 0 Å². The molecule has 0 saturated carbocycles. The Labute approximate surface area is 87.8 Å². The van der Waals surface area contributed by atoms with Crippen molar-refractivity contribution in [2.24, 2.45) is 0 Å². The molecule has 0 aromatic heterocycles. The van der Waals surface area contributed by atoms with E-state index in [1.807, 2.05) is 4.90 Å². The van der Waals surface area contributed by atoms with E-state index >= 15 is 0 Å². The molecule has 2 unspecified atom stereocenters. The van der Waals surface area contributed by atoms with Crippen molar-refractivity contribution in [2.45, 2.75) is 43.9 Å². The van der Waals surface area contributed by atoms with Gasteiger partial charge in [-0.1, -0.05) is 0 Å². The number of hydrogen-bond donors (Lipinski definition) is 1. The molecule has 0 spiro atoms. The van der Waals surface area contributed by atoms with Gasteiger partial charge in [0.25, 0.3) is 0 Å². The van der Waals surface area contributed by atoms with Crippen LogP contribution in [0.15, 0.2) is 0 Å². The van der Waals surface area contributed by atoms with Crippen LogP contribution in [0.25, 0.3) is 0 Å². The maximum absolute atomic E-state index is 12.1. The van der Waals surface area contributed by atoms with Crippen molar-refractivity contribution >= 4 is 0 Å². The van der Waals surface area contributed by atoms with Gasteiger partial charge in [-0.25, -0.2) is 0 Å². The predicted molar refractivity (Wildman–Crippen MR) is 51.7 cm³/mol. The number of rotatable bonds is 2. The fraction of sp³-hybridized carbons (Fsp3) is 1.00. The molecular weight excluding hydrogens is 205 g/mol. The summed E-state index contributed by atoms with van der Waals surface area (Å²) in [7, 11) is 0. The Hall–Kier alpha value is -0.290. The number of likely N-dealkylation sites (tertiary alicyclic amines) is 1. The number of nitrogens with one attached hydrogen (secondary N) is 1. The standard InChI is InChI=1S/C10H17F3N2/c11-10(12,13)4-6-15-5-3-8-1-2-9(7-15)14-8/h8-9,14H,1-7H2. The van der Waals surface area contributed by atoms with E-state index in [4.69, 9.17) is 0 Å². The van der Waals surface area contributed by atoms with Gasteiger partial charge in [-0.2, -0.15) is 13.2 Å². The lowest BCUT2D eigenvalue weighted by atomic mass is 10.1. The van der Waals surface area contributed by atoms with Crippen molar-refractivity contribution in [2.75, 3.05) is 19.6 Å². The van der Waals surface area contributed by atoms with Crippen molar-refractivity contribution in [3.63, 3.8) is 0 Å². The molecule has 2 fully saturated rings. The second kappa shape index (κ2) is 4.29. The highest BCUT2D eigenvalue weighted by atomic mass is 19.4. The molecule has 2 aliphatic heterocycles. The molecule has 5 heteroatoms. The van der Waals surface area contributed by atoms with Crippen molar-refractivity contribution in [3.05, 3.63) is 0 Å². The maximum Gasteiger partial charge on any atom is 0.390 e. The van der Waals surface area contributed by atoms with Crippen molar-refractivity contribution in [1.82, 2.24) is 10.2 Å². The van der Waals surface area contributed by atoms with Crippen molar-refractivity contribution < 1.29 is 13.2 Å². The molecule has 1 N–H and O–H groups in total. The molecule has 2 aliphatic rings. The summed E-state index contributed by atoms with van der Waals surface area (Å²) in [5.74, 6) is 0. The summed E-state index contributed by atoms with van der Waals surface area (Å²) in [5, 5.41) is 3.46. The fourth-order valence-electron chi connectivity index (χ4n) is 2.50. The van der Waals surface area contributed by atoms with Crippen LogP contribution in [0, 0.1) is 0 Å². The second-order valence-electron chi connectivity index (χ2n) is 4.59. The van der Waals surface area contributed by atoms with Gasteiger partial charge in [0.15, 0.2) is 0 Å². The Kier molecular flexibility index (Phi) is 3.21. The molecule has 0 aliphatic carbocycles. The van der Waals surface area contributed by atoms with Gasteiger partial charge in [-0.3, -0.25) is 0 Å². The van der Waals surface area contributed by atoms with Crippen LogP contribution < -0.4 is 5.32 Å². The third-order valence-corrected chi connectivity index (χ3v) is 3.32. The monoisotopic (exact) mass is 222 g/mol. The third-order valence-electron chi connectivity index (χ3n) is 3.32. The van der Waals surface area contributed by atoms with E-state index in [-0.39, 0.29) is 6.54 Å². The maximum atomic E-state index is 12.1. The van der Waals surface area contributed by atoms with Crippen LogP contribution in [-0.4, -0.2) is 42.8 Å². The average molecular weight is 222 g/mol. The van der Waals surface area contributed by atoms with E-state index in [9.17, 15) is 13.2 Å². The van der Waals surface area contributed by atoms with Crippen LogP contribution >= 0.6 is 0 Å². The molecule has 0 aromatic carbocycles. The molecule has 2 bridgehead atoms. The Bertz CT molecular complexity index is 217. The minimum atomic E-state index is -4.02. The van der Waals surface area contributed by atoms with E-state index in [0.29, 0.717) is 12.1 Å². The number of alkyl halides is 3. The summed E-state index contributed by atoms with van der Waals surface area (Å²) in [6.45, 7) is 1.76. The number of halogens is 3. The molecule has 2 atom stereocenters. The number of fused-ring (bicyclic) bond motifs is 2. The molecule has 0 amide bonds. The zero-order valence-electron chi connectivity index (χ0n) is 8.69. The molecule has 0 radical (unpaired) electrons. The van der Waals surface area contributed by atoms with Crippen LogP contribution in [0.3, 0.4) is 0 Å². The lowest BCUT2D eigenvalue weighted by Gasteiger charge is -2.24. The quantitative estimate of drug-likeness (QED) is 0.766. The van der Waals surface area contributed by atoms with Gasteiger partial charge in [0.2, 0.25) is 0 Å². The number of hydrogen-bond acceptors (Lipinski definition) is 2.